The summed E-state index contributed by atoms with van der Waals surface area (Å²) in [7, 11) is 1.69. The van der Waals surface area contributed by atoms with Gasteiger partial charge in [-0.3, -0.25) is 4.79 Å². The molecule has 0 unspecified atom stereocenters. The molecule has 16 heavy (non-hydrogen) atoms. The molecule has 0 aromatic carbocycles. The second-order valence-corrected chi connectivity index (χ2v) is 4.92. The summed E-state index contributed by atoms with van der Waals surface area (Å²) in [4.78, 5) is 11.1. The fourth-order valence-corrected chi connectivity index (χ4v) is 2.52. The van der Waals surface area contributed by atoms with Gasteiger partial charge in [-0.1, -0.05) is 25.7 Å². The summed E-state index contributed by atoms with van der Waals surface area (Å²) in [5.74, 6) is 0.938. The van der Waals surface area contributed by atoms with E-state index in [1.165, 1.54) is 38.5 Å². The molecule has 94 valence electrons. The van der Waals surface area contributed by atoms with Gasteiger partial charge in [0.2, 0.25) is 5.91 Å². The lowest BCUT2D eigenvalue weighted by Crippen LogP contribution is -2.35. The number of carbonyl (C=O) groups excluding carboxylic acids is 1. The highest BCUT2D eigenvalue weighted by Gasteiger charge is 2.18. The van der Waals surface area contributed by atoms with E-state index >= 15 is 0 Å². The molecule has 0 saturated heterocycles. The predicted molar refractivity (Wildman–Crippen MR) is 67.3 cm³/mol. The molecule has 3 nitrogen and oxygen atoms in total. The van der Waals surface area contributed by atoms with Crippen molar-refractivity contribution in [3.05, 3.63) is 0 Å². The smallest absolute Gasteiger partial charge is 0.221 e. The summed E-state index contributed by atoms with van der Waals surface area (Å²) in [6.07, 6.45) is 8.87. The molecule has 1 aliphatic carbocycles. The number of amides is 1. The number of rotatable bonds is 5. The molecule has 1 rings (SSSR count). The number of nitrogens with one attached hydrogen (secondary N) is 2. The highest BCUT2D eigenvalue weighted by Crippen LogP contribution is 2.25. The van der Waals surface area contributed by atoms with Crippen LogP contribution < -0.4 is 10.6 Å². The van der Waals surface area contributed by atoms with E-state index in [0.29, 0.717) is 12.5 Å². The third-order valence-electron chi connectivity index (χ3n) is 3.70. The molecule has 0 aromatic heterocycles. The van der Waals surface area contributed by atoms with E-state index in [9.17, 15) is 4.79 Å². The molecule has 0 heterocycles. The fraction of sp³-hybridized carbons (Fsp3) is 0.923. The Morgan fingerprint density at radius 2 is 1.88 bits per heavy atom. The summed E-state index contributed by atoms with van der Waals surface area (Å²) >= 11 is 0. The lowest BCUT2D eigenvalue weighted by molar-refractivity contribution is -0.120. The molecule has 0 bridgehead atoms. The molecule has 1 atom stereocenters. The maximum atomic E-state index is 11.1. The van der Waals surface area contributed by atoms with Crippen LogP contribution >= 0.6 is 0 Å². The van der Waals surface area contributed by atoms with Crippen molar-refractivity contribution in [1.82, 2.24) is 10.6 Å². The van der Waals surface area contributed by atoms with Gasteiger partial charge in [-0.15, -0.1) is 0 Å². The van der Waals surface area contributed by atoms with E-state index in [4.69, 9.17) is 0 Å². The Labute approximate surface area is 99.4 Å². The van der Waals surface area contributed by atoms with Crippen LogP contribution in [0.4, 0.5) is 0 Å². The maximum Gasteiger partial charge on any atom is 0.221 e. The average molecular weight is 226 g/mol. The summed E-state index contributed by atoms with van der Waals surface area (Å²) in [5.41, 5.74) is 0. The van der Waals surface area contributed by atoms with Crippen LogP contribution in [0.25, 0.3) is 0 Å². The van der Waals surface area contributed by atoms with Gasteiger partial charge in [0.25, 0.3) is 0 Å². The molecule has 1 aliphatic rings. The number of hydrogen-bond acceptors (Lipinski definition) is 2. The van der Waals surface area contributed by atoms with Crippen molar-refractivity contribution in [3.63, 3.8) is 0 Å². The molecule has 0 radical (unpaired) electrons. The first-order valence-electron chi connectivity index (χ1n) is 6.68. The highest BCUT2D eigenvalue weighted by atomic mass is 16.1. The quantitative estimate of drug-likeness (QED) is 0.705. The van der Waals surface area contributed by atoms with E-state index in [1.807, 2.05) is 0 Å². The lowest BCUT2D eigenvalue weighted by Gasteiger charge is -2.23. The van der Waals surface area contributed by atoms with Crippen molar-refractivity contribution in [2.45, 2.75) is 57.9 Å². The van der Waals surface area contributed by atoms with Gasteiger partial charge in [0.15, 0.2) is 0 Å². The molecular weight excluding hydrogens is 200 g/mol. The van der Waals surface area contributed by atoms with Crippen molar-refractivity contribution in [2.24, 2.45) is 5.92 Å². The van der Waals surface area contributed by atoms with Gasteiger partial charge in [-0.2, -0.15) is 0 Å². The first-order chi connectivity index (χ1) is 7.74. The Kier molecular flexibility index (Phi) is 6.46. The van der Waals surface area contributed by atoms with E-state index in [1.54, 1.807) is 7.05 Å². The Morgan fingerprint density at radius 1 is 1.25 bits per heavy atom. The molecule has 1 amide bonds. The van der Waals surface area contributed by atoms with Gasteiger partial charge < -0.3 is 10.6 Å². The number of carbonyl (C=O) groups is 1. The van der Waals surface area contributed by atoms with Crippen LogP contribution in [0.1, 0.15) is 51.9 Å². The monoisotopic (exact) mass is 226 g/mol. The van der Waals surface area contributed by atoms with Gasteiger partial charge in [-0.25, -0.2) is 0 Å². The summed E-state index contributed by atoms with van der Waals surface area (Å²) in [5, 5.41) is 6.13. The Morgan fingerprint density at radius 3 is 2.44 bits per heavy atom. The Balaban J connectivity index is 2.17. The molecule has 3 heteroatoms. The van der Waals surface area contributed by atoms with E-state index < -0.39 is 0 Å². The van der Waals surface area contributed by atoms with Gasteiger partial charge in [0.1, 0.15) is 0 Å². The first-order valence-corrected chi connectivity index (χ1v) is 6.68. The first kappa shape index (κ1) is 13.5. The molecule has 0 aliphatic heterocycles. The molecule has 1 fully saturated rings. The van der Waals surface area contributed by atoms with E-state index in [2.05, 4.69) is 17.6 Å². The SMILES string of the molecule is CNC(=O)CCN[C@@H](C)C1CCCCCC1. The van der Waals surface area contributed by atoms with Crippen molar-refractivity contribution in [2.75, 3.05) is 13.6 Å². The Hall–Kier alpha value is -0.570. The minimum atomic E-state index is 0.126. The third kappa shape index (κ3) is 4.97. The minimum absolute atomic E-state index is 0.126. The molecular formula is C13H26N2O. The van der Waals surface area contributed by atoms with Crippen LogP contribution in [0.3, 0.4) is 0 Å². The van der Waals surface area contributed by atoms with Crippen molar-refractivity contribution in [3.8, 4) is 0 Å². The van der Waals surface area contributed by atoms with E-state index in [-0.39, 0.29) is 5.91 Å². The summed E-state index contributed by atoms with van der Waals surface area (Å²) < 4.78 is 0. The normalized spacial score (nSPS) is 20.1. The third-order valence-corrected chi connectivity index (χ3v) is 3.70. The van der Waals surface area contributed by atoms with Crippen molar-refractivity contribution >= 4 is 5.91 Å². The standard InChI is InChI=1S/C13H26N2O/c1-11(15-10-9-13(16)14-2)12-7-5-3-4-6-8-12/h11-12,15H,3-10H2,1-2H3,(H,14,16)/t11-/m0/s1. The van der Waals surface area contributed by atoms with Crippen LogP contribution in [-0.2, 0) is 4.79 Å². The highest BCUT2D eigenvalue weighted by molar-refractivity contribution is 5.75. The van der Waals surface area contributed by atoms with Gasteiger partial charge >= 0.3 is 0 Å². The van der Waals surface area contributed by atoms with Crippen LogP contribution in [-0.4, -0.2) is 25.5 Å². The second-order valence-electron chi connectivity index (χ2n) is 4.92. The Bertz CT molecular complexity index is 198. The summed E-state index contributed by atoms with van der Waals surface area (Å²) in [6.45, 7) is 3.07. The predicted octanol–water partition coefficient (Wildman–Crippen LogP) is 2.07. The van der Waals surface area contributed by atoms with Crippen molar-refractivity contribution < 1.29 is 4.79 Å². The average Bonchev–Trinajstić information content (AvgIpc) is 2.57. The lowest BCUT2D eigenvalue weighted by atomic mass is 9.93. The van der Waals surface area contributed by atoms with Crippen LogP contribution in [0, 0.1) is 5.92 Å². The minimum Gasteiger partial charge on any atom is -0.359 e. The zero-order valence-corrected chi connectivity index (χ0v) is 10.7. The molecule has 1 saturated carbocycles. The number of hydrogen-bond donors (Lipinski definition) is 2. The van der Waals surface area contributed by atoms with Gasteiger partial charge in [0, 0.05) is 26.1 Å². The second kappa shape index (κ2) is 7.66. The van der Waals surface area contributed by atoms with Crippen LogP contribution in [0.15, 0.2) is 0 Å². The van der Waals surface area contributed by atoms with Crippen LogP contribution in [0.5, 0.6) is 0 Å². The van der Waals surface area contributed by atoms with Crippen molar-refractivity contribution in [1.29, 1.82) is 0 Å². The van der Waals surface area contributed by atoms with Gasteiger partial charge in [0.05, 0.1) is 0 Å². The summed E-state index contributed by atoms with van der Waals surface area (Å²) in [6, 6.07) is 0.558. The fourth-order valence-electron chi connectivity index (χ4n) is 2.52. The largest absolute Gasteiger partial charge is 0.359 e. The van der Waals surface area contributed by atoms with Crippen LogP contribution in [0.2, 0.25) is 0 Å². The van der Waals surface area contributed by atoms with Gasteiger partial charge in [-0.05, 0) is 25.7 Å². The zero-order chi connectivity index (χ0) is 11.8. The molecule has 0 aromatic rings. The zero-order valence-electron chi connectivity index (χ0n) is 10.7. The topological polar surface area (TPSA) is 41.1 Å². The molecule has 2 N–H and O–H groups in total. The van der Waals surface area contributed by atoms with E-state index in [0.717, 1.165) is 12.5 Å². The maximum absolute atomic E-state index is 11.1. The molecule has 0 spiro atoms.